The number of nitrogens with one attached hydrogen (secondary N) is 1. The third kappa shape index (κ3) is 2.84. The second-order valence-electron chi connectivity index (χ2n) is 3.75. The number of morpholine rings is 1. The molecule has 1 aliphatic heterocycles. The summed E-state index contributed by atoms with van der Waals surface area (Å²) in [7, 11) is 1.63. The monoisotopic (exact) mass is 257 g/mol. The highest BCUT2D eigenvalue weighted by Crippen LogP contribution is 2.25. The normalized spacial score (nSPS) is 23.8. The molecule has 1 saturated heterocycles. The Morgan fingerprint density at radius 1 is 1.53 bits per heavy atom. The summed E-state index contributed by atoms with van der Waals surface area (Å²) in [6, 6.07) is 7.36. The molecule has 17 heavy (non-hydrogen) atoms. The molecule has 1 aromatic carbocycles. The van der Waals surface area contributed by atoms with Crippen LogP contribution in [0, 0.1) is 0 Å². The van der Waals surface area contributed by atoms with Crippen LogP contribution >= 0.6 is 12.4 Å². The summed E-state index contributed by atoms with van der Waals surface area (Å²) < 4.78 is 10.9. The van der Waals surface area contributed by atoms with Gasteiger partial charge in [0.25, 0.3) is 0 Å². The van der Waals surface area contributed by atoms with E-state index in [1.54, 1.807) is 13.2 Å². The molecule has 1 fully saturated rings. The van der Waals surface area contributed by atoms with Gasteiger partial charge in [0.05, 0.1) is 13.2 Å². The Kier molecular flexibility index (Phi) is 5.08. The van der Waals surface area contributed by atoms with Crippen LogP contribution in [0.3, 0.4) is 0 Å². The molecule has 2 rings (SSSR count). The zero-order chi connectivity index (χ0) is 11.4. The first-order valence-corrected chi connectivity index (χ1v) is 5.24. The Balaban J connectivity index is 0.00000144. The molecule has 1 heterocycles. The van der Waals surface area contributed by atoms with E-state index in [-0.39, 0.29) is 12.4 Å². The molecule has 0 aliphatic carbocycles. The molecule has 0 radical (unpaired) electrons. The minimum absolute atomic E-state index is 0. The number of methoxy groups -OCH3 is 1. The van der Waals surface area contributed by atoms with Gasteiger partial charge in [-0.25, -0.2) is 0 Å². The summed E-state index contributed by atoms with van der Waals surface area (Å²) in [6.07, 6.45) is 0.830. The average molecular weight is 258 g/mol. The molecule has 1 N–H and O–H groups in total. The summed E-state index contributed by atoms with van der Waals surface area (Å²) in [4.78, 5) is 10.7. The zero-order valence-corrected chi connectivity index (χ0v) is 10.5. The molecule has 0 amide bonds. The van der Waals surface area contributed by atoms with E-state index in [4.69, 9.17) is 9.47 Å². The first kappa shape index (κ1) is 14.1. The number of carbonyl (C=O) groups is 1. The van der Waals surface area contributed by atoms with Crippen molar-refractivity contribution in [3.63, 3.8) is 0 Å². The van der Waals surface area contributed by atoms with Crippen LogP contribution in [0.2, 0.25) is 0 Å². The number of aldehydes is 1. The van der Waals surface area contributed by atoms with E-state index in [9.17, 15) is 4.79 Å². The number of carbonyl (C=O) groups excluding carboxylic acids is 1. The summed E-state index contributed by atoms with van der Waals surface area (Å²) in [6.45, 7) is 1.86. The lowest BCUT2D eigenvalue weighted by atomic mass is 10.0. The number of hydrogen-bond acceptors (Lipinski definition) is 4. The summed E-state index contributed by atoms with van der Waals surface area (Å²) in [5.74, 6) is 0. The summed E-state index contributed by atoms with van der Waals surface area (Å²) in [5, 5.41) is 3.29. The number of halogens is 1. The fourth-order valence-corrected chi connectivity index (χ4v) is 1.89. The van der Waals surface area contributed by atoms with Gasteiger partial charge in [-0.3, -0.25) is 10.1 Å². The topological polar surface area (TPSA) is 47.6 Å². The third-order valence-electron chi connectivity index (χ3n) is 2.80. The van der Waals surface area contributed by atoms with Gasteiger partial charge in [-0.1, -0.05) is 18.2 Å². The lowest BCUT2D eigenvalue weighted by molar-refractivity contribution is -0.130. The van der Waals surface area contributed by atoms with Crippen LogP contribution in [0.4, 0.5) is 0 Å². The Labute approximate surface area is 107 Å². The third-order valence-corrected chi connectivity index (χ3v) is 2.80. The highest BCUT2D eigenvalue weighted by Gasteiger charge is 2.34. The number of rotatable bonds is 3. The highest BCUT2D eigenvalue weighted by molar-refractivity contribution is 5.85. The number of ether oxygens (including phenoxy) is 2. The van der Waals surface area contributed by atoms with Crippen LogP contribution in [0.15, 0.2) is 24.3 Å². The Hall–Kier alpha value is -0.940. The Morgan fingerprint density at radius 3 is 2.94 bits per heavy atom. The van der Waals surface area contributed by atoms with Gasteiger partial charge in [0.15, 0.2) is 5.72 Å². The van der Waals surface area contributed by atoms with Gasteiger partial charge >= 0.3 is 0 Å². The fraction of sp³-hybridized carbons (Fsp3) is 0.417. The number of benzene rings is 1. The van der Waals surface area contributed by atoms with Crippen molar-refractivity contribution in [2.75, 3.05) is 26.9 Å². The molecule has 1 aliphatic rings. The minimum Gasteiger partial charge on any atom is -0.375 e. The predicted octanol–water partition coefficient (Wildman–Crippen LogP) is 1.34. The van der Waals surface area contributed by atoms with Crippen LogP contribution in [0.5, 0.6) is 0 Å². The van der Waals surface area contributed by atoms with Gasteiger partial charge in [-0.2, -0.15) is 0 Å². The average Bonchev–Trinajstić information content (AvgIpc) is 2.39. The molecule has 0 aromatic heterocycles. The van der Waals surface area contributed by atoms with Gasteiger partial charge in [0, 0.05) is 24.8 Å². The van der Waals surface area contributed by atoms with Crippen LogP contribution in [-0.4, -0.2) is 33.2 Å². The second-order valence-corrected chi connectivity index (χ2v) is 3.75. The van der Waals surface area contributed by atoms with Crippen LogP contribution in [0.25, 0.3) is 0 Å². The molecule has 0 saturated carbocycles. The first-order chi connectivity index (χ1) is 7.80. The van der Waals surface area contributed by atoms with Crippen LogP contribution < -0.4 is 5.32 Å². The summed E-state index contributed by atoms with van der Waals surface area (Å²) in [5.41, 5.74) is 0.928. The zero-order valence-electron chi connectivity index (χ0n) is 9.64. The molecule has 1 aromatic rings. The first-order valence-electron chi connectivity index (χ1n) is 5.24. The molecule has 0 unspecified atom stereocenters. The smallest absolute Gasteiger partial charge is 0.168 e. The van der Waals surface area contributed by atoms with Gasteiger partial charge in [-0.05, 0) is 6.07 Å². The molecule has 0 bridgehead atoms. The van der Waals surface area contributed by atoms with Gasteiger partial charge in [-0.15, -0.1) is 12.4 Å². The van der Waals surface area contributed by atoms with Crippen molar-refractivity contribution in [2.45, 2.75) is 5.72 Å². The van der Waals surface area contributed by atoms with E-state index in [0.29, 0.717) is 18.8 Å². The van der Waals surface area contributed by atoms with Crippen molar-refractivity contribution in [2.24, 2.45) is 0 Å². The standard InChI is InChI=1S/C12H15NO3.ClH/c1-15-12(9-16-6-5-13-12)11-4-2-3-10(7-11)8-14;/h2-4,7-8,13H,5-6,9H2,1H3;1H/t12-;/m1./s1. The minimum atomic E-state index is -0.628. The van der Waals surface area contributed by atoms with Crippen LogP contribution in [0.1, 0.15) is 15.9 Å². The highest BCUT2D eigenvalue weighted by atomic mass is 35.5. The van der Waals surface area contributed by atoms with Crippen molar-refractivity contribution < 1.29 is 14.3 Å². The van der Waals surface area contributed by atoms with Crippen molar-refractivity contribution in [3.8, 4) is 0 Å². The van der Waals surface area contributed by atoms with Crippen molar-refractivity contribution in [1.82, 2.24) is 5.32 Å². The quantitative estimate of drug-likeness (QED) is 0.831. The van der Waals surface area contributed by atoms with Gasteiger partial charge in [0.2, 0.25) is 0 Å². The maximum absolute atomic E-state index is 10.7. The molecule has 1 atom stereocenters. The van der Waals surface area contributed by atoms with E-state index in [2.05, 4.69) is 5.32 Å². The summed E-state index contributed by atoms with van der Waals surface area (Å²) >= 11 is 0. The molecule has 94 valence electrons. The lowest BCUT2D eigenvalue weighted by Gasteiger charge is -2.37. The van der Waals surface area contributed by atoms with Crippen molar-refractivity contribution in [3.05, 3.63) is 35.4 Å². The Morgan fingerprint density at radius 2 is 2.35 bits per heavy atom. The Bertz CT molecular complexity index is 378. The van der Waals surface area contributed by atoms with Crippen molar-refractivity contribution in [1.29, 1.82) is 0 Å². The molecule has 5 heteroatoms. The maximum atomic E-state index is 10.7. The maximum Gasteiger partial charge on any atom is 0.168 e. The number of hydrogen-bond donors (Lipinski definition) is 1. The lowest BCUT2D eigenvalue weighted by Crippen LogP contribution is -2.53. The largest absolute Gasteiger partial charge is 0.375 e. The van der Waals surface area contributed by atoms with E-state index < -0.39 is 5.72 Å². The molecule has 0 spiro atoms. The molecular weight excluding hydrogens is 242 g/mol. The van der Waals surface area contributed by atoms with Crippen molar-refractivity contribution >= 4 is 18.7 Å². The van der Waals surface area contributed by atoms with E-state index in [1.807, 2.05) is 18.2 Å². The van der Waals surface area contributed by atoms with E-state index >= 15 is 0 Å². The SMILES string of the molecule is CO[C@@]1(c2cccc(C=O)c2)COCCN1.Cl. The fourth-order valence-electron chi connectivity index (χ4n) is 1.89. The molecule has 4 nitrogen and oxygen atoms in total. The second kappa shape index (κ2) is 6.12. The van der Waals surface area contributed by atoms with Gasteiger partial charge < -0.3 is 9.47 Å². The van der Waals surface area contributed by atoms with E-state index in [0.717, 1.165) is 18.4 Å². The predicted molar refractivity (Wildman–Crippen MR) is 66.6 cm³/mol. The molecular formula is C12H16ClNO3. The van der Waals surface area contributed by atoms with Crippen LogP contribution in [-0.2, 0) is 15.2 Å². The van der Waals surface area contributed by atoms with Gasteiger partial charge in [0.1, 0.15) is 6.29 Å². The van der Waals surface area contributed by atoms with E-state index in [1.165, 1.54) is 0 Å².